The van der Waals surface area contributed by atoms with Gasteiger partial charge in [-0.1, -0.05) is 19.3 Å². The van der Waals surface area contributed by atoms with Crippen LogP contribution in [0, 0.1) is 0 Å². The molecule has 0 aliphatic carbocycles. The summed E-state index contributed by atoms with van der Waals surface area (Å²) in [5.74, 6) is -1.29. The molecule has 7 heteroatoms. The predicted octanol–water partition coefficient (Wildman–Crippen LogP) is 2.27. The van der Waals surface area contributed by atoms with Crippen molar-refractivity contribution in [2.24, 2.45) is 0 Å². The molecule has 0 saturated heterocycles. The Hall–Kier alpha value is -1.63. The van der Waals surface area contributed by atoms with Gasteiger partial charge in [-0.3, -0.25) is 14.5 Å². The third-order valence-corrected chi connectivity index (χ3v) is 2.62. The summed E-state index contributed by atoms with van der Waals surface area (Å²) >= 11 is 0. The lowest BCUT2D eigenvalue weighted by Gasteiger charge is -2.15. The number of carbonyl (C=O) groups excluding carboxylic acids is 3. The Morgan fingerprint density at radius 2 is 1.52 bits per heavy atom. The van der Waals surface area contributed by atoms with Crippen LogP contribution in [0.3, 0.4) is 0 Å². The second-order valence-electron chi connectivity index (χ2n) is 4.59. The number of rotatable bonds is 11. The van der Waals surface area contributed by atoms with E-state index in [1.165, 1.54) is 21.0 Å². The fourth-order valence-corrected chi connectivity index (χ4v) is 1.65. The van der Waals surface area contributed by atoms with Gasteiger partial charge in [0.25, 0.3) is 0 Å². The summed E-state index contributed by atoms with van der Waals surface area (Å²) in [4.78, 5) is 41.5. The SMILES string of the molecule is COC(=O)CCCCCCCC(OOC(C)=O)OC(C)=O. The molecule has 0 aliphatic heterocycles. The Labute approximate surface area is 124 Å². The maximum Gasteiger partial charge on any atom is 0.339 e. The monoisotopic (exact) mass is 304 g/mol. The first-order valence-corrected chi connectivity index (χ1v) is 7.03. The Bertz CT molecular complexity index is 327. The van der Waals surface area contributed by atoms with Gasteiger partial charge in [-0.2, -0.15) is 0 Å². The first-order valence-electron chi connectivity index (χ1n) is 7.03. The van der Waals surface area contributed by atoms with E-state index in [9.17, 15) is 14.4 Å². The summed E-state index contributed by atoms with van der Waals surface area (Å²) in [5, 5.41) is 0. The molecule has 1 atom stereocenters. The van der Waals surface area contributed by atoms with Gasteiger partial charge in [0.15, 0.2) is 0 Å². The number of esters is 2. The van der Waals surface area contributed by atoms with E-state index in [1.807, 2.05) is 0 Å². The minimum atomic E-state index is -0.874. The molecule has 7 nitrogen and oxygen atoms in total. The Kier molecular flexibility index (Phi) is 11.2. The highest BCUT2D eigenvalue weighted by molar-refractivity contribution is 5.69. The van der Waals surface area contributed by atoms with Gasteiger partial charge >= 0.3 is 17.9 Å². The first kappa shape index (κ1) is 19.4. The molecule has 0 aliphatic rings. The van der Waals surface area contributed by atoms with Gasteiger partial charge in [0, 0.05) is 26.7 Å². The molecule has 21 heavy (non-hydrogen) atoms. The first-order chi connectivity index (χ1) is 9.95. The molecule has 0 spiro atoms. The molecular weight excluding hydrogens is 280 g/mol. The third kappa shape index (κ3) is 13.1. The molecule has 0 aromatic heterocycles. The van der Waals surface area contributed by atoms with Crippen LogP contribution in [0.5, 0.6) is 0 Å². The topological polar surface area (TPSA) is 88.1 Å². The minimum absolute atomic E-state index is 0.195. The minimum Gasteiger partial charge on any atom is -0.469 e. The van der Waals surface area contributed by atoms with Crippen molar-refractivity contribution in [3.05, 3.63) is 0 Å². The van der Waals surface area contributed by atoms with E-state index in [-0.39, 0.29) is 5.97 Å². The van der Waals surface area contributed by atoms with Gasteiger partial charge in [-0.05, 0) is 12.8 Å². The highest BCUT2D eigenvalue weighted by Gasteiger charge is 2.14. The molecule has 0 amide bonds. The summed E-state index contributed by atoms with van der Waals surface area (Å²) in [6, 6.07) is 0. The van der Waals surface area contributed by atoms with Crippen molar-refractivity contribution in [3.8, 4) is 0 Å². The lowest BCUT2D eigenvalue weighted by molar-refractivity contribution is -0.344. The van der Waals surface area contributed by atoms with E-state index in [0.29, 0.717) is 12.8 Å². The van der Waals surface area contributed by atoms with E-state index in [0.717, 1.165) is 32.1 Å². The quantitative estimate of drug-likeness (QED) is 0.190. The van der Waals surface area contributed by atoms with E-state index >= 15 is 0 Å². The number of hydrogen-bond donors (Lipinski definition) is 0. The number of unbranched alkanes of at least 4 members (excludes halogenated alkanes) is 4. The zero-order valence-electron chi connectivity index (χ0n) is 12.9. The highest BCUT2D eigenvalue weighted by atomic mass is 17.2. The number of ether oxygens (including phenoxy) is 2. The van der Waals surface area contributed by atoms with Crippen LogP contribution < -0.4 is 0 Å². The van der Waals surface area contributed by atoms with Crippen molar-refractivity contribution >= 4 is 17.9 Å². The average Bonchev–Trinajstić information content (AvgIpc) is 2.42. The van der Waals surface area contributed by atoms with Crippen LogP contribution in [0.4, 0.5) is 0 Å². The van der Waals surface area contributed by atoms with E-state index in [1.54, 1.807) is 0 Å². The van der Waals surface area contributed by atoms with Crippen molar-refractivity contribution < 1.29 is 33.6 Å². The van der Waals surface area contributed by atoms with Crippen molar-refractivity contribution in [3.63, 3.8) is 0 Å². The van der Waals surface area contributed by atoms with Crippen LogP contribution in [0.15, 0.2) is 0 Å². The number of carbonyl (C=O) groups is 3. The molecule has 0 aromatic rings. The molecule has 122 valence electrons. The maximum atomic E-state index is 10.9. The molecule has 1 unspecified atom stereocenters. The molecule has 0 bridgehead atoms. The van der Waals surface area contributed by atoms with Crippen LogP contribution in [0.25, 0.3) is 0 Å². The van der Waals surface area contributed by atoms with Crippen LogP contribution in [-0.4, -0.2) is 31.3 Å². The van der Waals surface area contributed by atoms with E-state index in [2.05, 4.69) is 9.62 Å². The van der Waals surface area contributed by atoms with Crippen molar-refractivity contribution in [2.75, 3.05) is 7.11 Å². The van der Waals surface area contributed by atoms with Gasteiger partial charge in [0.05, 0.1) is 7.11 Å². The number of hydrogen-bond acceptors (Lipinski definition) is 7. The third-order valence-electron chi connectivity index (χ3n) is 2.62. The molecule has 0 aromatic carbocycles. The lowest BCUT2D eigenvalue weighted by atomic mass is 10.1. The molecule has 0 radical (unpaired) electrons. The van der Waals surface area contributed by atoms with Gasteiger partial charge in [0.1, 0.15) is 0 Å². The van der Waals surface area contributed by atoms with Crippen LogP contribution in [-0.2, 0) is 33.6 Å². The second-order valence-corrected chi connectivity index (χ2v) is 4.59. The highest BCUT2D eigenvalue weighted by Crippen LogP contribution is 2.12. The van der Waals surface area contributed by atoms with Crippen molar-refractivity contribution in [1.29, 1.82) is 0 Å². The van der Waals surface area contributed by atoms with Crippen LogP contribution >= 0.6 is 0 Å². The normalized spacial score (nSPS) is 11.6. The number of methoxy groups -OCH3 is 1. The zero-order chi connectivity index (χ0) is 16.1. The van der Waals surface area contributed by atoms with Crippen LogP contribution in [0.1, 0.15) is 58.8 Å². The Balaban J connectivity index is 3.69. The van der Waals surface area contributed by atoms with Crippen molar-refractivity contribution in [2.45, 2.75) is 65.1 Å². The predicted molar refractivity (Wildman–Crippen MR) is 72.7 cm³/mol. The summed E-state index contributed by atoms with van der Waals surface area (Å²) < 4.78 is 9.42. The van der Waals surface area contributed by atoms with Gasteiger partial charge in [-0.25, -0.2) is 4.79 Å². The van der Waals surface area contributed by atoms with Gasteiger partial charge in [-0.15, -0.1) is 4.89 Å². The largest absolute Gasteiger partial charge is 0.469 e. The maximum absolute atomic E-state index is 10.9. The molecule has 0 heterocycles. The second kappa shape index (κ2) is 12.1. The van der Waals surface area contributed by atoms with E-state index in [4.69, 9.17) is 9.62 Å². The summed E-state index contributed by atoms with van der Waals surface area (Å²) in [7, 11) is 1.38. The fraction of sp³-hybridized carbons (Fsp3) is 0.786. The Morgan fingerprint density at radius 1 is 0.905 bits per heavy atom. The molecule has 0 rings (SSSR count). The molecular formula is C14H24O7. The van der Waals surface area contributed by atoms with Gasteiger partial charge in [0.2, 0.25) is 6.29 Å². The van der Waals surface area contributed by atoms with Crippen molar-refractivity contribution in [1.82, 2.24) is 0 Å². The molecule has 0 fully saturated rings. The summed E-state index contributed by atoms with van der Waals surface area (Å²) in [6.45, 7) is 2.46. The Morgan fingerprint density at radius 3 is 2.10 bits per heavy atom. The van der Waals surface area contributed by atoms with Crippen LogP contribution in [0.2, 0.25) is 0 Å². The van der Waals surface area contributed by atoms with Gasteiger partial charge < -0.3 is 9.47 Å². The zero-order valence-corrected chi connectivity index (χ0v) is 12.9. The summed E-state index contributed by atoms with van der Waals surface area (Å²) in [6.07, 6.45) is 4.35. The molecule has 0 N–H and O–H groups in total. The lowest BCUT2D eigenvalue weighted by Crippen LogP contribution is -2.21. The standard InChI is InChI=1S/C14H24O7/c1-11(15)19-14(21-20-12(2)16)10-8-6-4-5-7-9-13(17)18-3/h14H,4-10H2,1-3H3. The van der Waals surface area contributed by atoms with E-state index < -0.39 is 18.2 Å². The molecule has 0 saturated carbocycles. The fourth-order valence-electron chi connectivity index (χ4n) is 1.65. The average molecular weight is 304 g/mol. The smallest absolute Gasteiger partial charge is 0.339 e. The summed E-state index contributed by atoms with van der Waals surface area (Å²) in [5.41, 5.74) is 0.